The van der Waals surface area contributed by atoms with Crippen molar-refractivity contribution < 1.29 is 4.79 Å². The van der Waals surface area contributed by atoms with Crippen molar-refractivity contribution in [2.24, 2.45) is 0 Å². The van der Waals surface area contributed by atoms with Crippen molar-refractivity contribution in [3.63, 3.8) is 0 Å². The molecule has 1 fully saturated rings. The van der Waals surface area contributed by atoms with Crippen LogP contribution >= 0.6 is 0 Å². The first-order chi connectivity index (χ1) is 10.3. The van der Waals surface area contributed by atoms with Crippen molar-refractivity contribution in [3.8, 4) is 0 Å². The van der Waals surface area contributed by atoms with Crippen LogP contribution in [0, 0.1) is 0 Å². The number of anilines is 1. The number of nitrogens with one attached hydrogen (secondary N) is 1. The van der Waals surface area contributed by atoms with Crippen molar-refractivity contribution in [3.05, 3.63) is 59.8 Å². The Labute approximate surface area is 124 Å². The Morgan fingerprint density at radius 1 is 1.24 bits per heavy atom. The molecule has 2 heterocycles. The number of pyridine rings is 1. The molecule has 0 saturated carbocycles. The summed E-state index contributed by atoms with van der Waals surface area (Å²) in [5.74, 6) is 0.958. The van der Waals surface area contributed by atoms with Crippen LogP contribution in [-0.2, 0) is 0 Å². The van der Waals surface area contributed by atoms with E-state index in [0.29, 0.717) is 0 Å². The van der Waals surface area contributed by atoms with Gasteiger partial charge < -0.3 is 10.2 Å². The fourth-order valence-electron chi connectivity index (χ4n) is 2.98. The lowest BCUT2D eigenvalue weighted by atomic mass is 10.0. The molecule has 1 aliphatic heterocycles. The predicted molar refractivity (Wildman–Crippen MR) is 83.2 cm³/mol. The second kappa shape index (κ2) is 5.95. The molecule has 1 amide bonds. The number of carbonyl (C=O) groups is 1. The summed E-state index contributed by atoms with van der Waals surface area (Å²) in [6, 6.07) is 13.6. The van der Waals surface area contributed by atoms with Crippen LogP contribution < -0.4 is 5.32 Å². The number of nitrogens with zero attached hydrogens (tertiary/aromatic N) is 2. The van der Waals surface area contributed by atoms with E-state index in [1.54, 1.807) is 6.20 Å². The van der Waals surface area contributed by atoms with Crippen LogP contribution in [0.15, 0.2) is 48.7 Å². The van der Waals surface area contributed by atoms with Gasteiger partial charge in [0.25, 0.3) is 5.91 Å². The first-order valence-corrected chi connectivity index (χ1v) is 7.30. The van der Waals surface area contributed by atoms with Gasteiger partial charge in [-0.2, -0.15) is 0 Å². The van der Waals surface area contributed by atoms with Crippen LogP contribution in [-0.4, -0.2) is 29.4 Å². The Kier molecular flexibility index (Phi) is 3.86. The molecule has 4 nitrogen and oxygen atoms in total. The average molecular weight is 281 g/mol. The fourth-order valence-corrected chi connectivity index (χ4v) is 2.98. The van der Waals surface area contributed by atoms with Gasteiger partial charge in [0.2, 0.25) is 0 Å². The zero-order chi connectivity index (χ0) is 14.7. The Morgan fingerprint density at radius 3 is 2.81 bits per heavy atom. The molecule has 0 unspecified atom stereocenters. The summed E-state index contributed by atoms with van der Waals surface area (Å²) in [5, 5.41) is 3.12. The Hall–Kier alpha value is -2.36. The minimum atomic E-state index is 0.101. The van der Waals surface area contributed by atoms with Gasteiger partial charge >= 0.3 is 0 Å². The van der Waals surface area contributed by atoms with Gasteiger partial charge in [0, 0.05) is 30.9 Å². The zero-order valence-electron chi connectivity index (χ0n) is 12.1. The number of hydrogen-bond acceptors (Lipinski definition) is 3. The second-order valence-corrected chi connectivity index (χ2v) is 5.21. The maximum Gasteiger partial charge on any atom is 0.254 e. The fraction of sp³-hybridized carbons (Fsp3) is 0.294. The van der Waals surface area contributed by atoms with Gasteiger partial charge in [-0.25, -0.2) is 4.98 Å². The molecule has 0 radical (unpaired) electrons. The quantitative estimate of drug-likeness (QED) is 0.940. The standard InChI is InChI=1S/C17H19N3O/c1-18-16-14(9-5-11-19-16)15-10-6-12-20(15)17(21)13-7-3-2-4-8-13/h2-5,7-9,11,15H,6,10,12H2,1H3,(H,18,19)/t15-/m0/s1. The predicted octanol–water partition coefficient (Wildman–Crippen LogP) is 3.10. The average Bonchev–Trinajstić information content (AvgIpc) is 3.04. The molecule has 0 spiro atoms. The SMILES string of the molecule is CNc1ncccc1[C@@H]1CCCN1C(=O)c1ccccc1. The lowest BCUT2D eigenvalue weighted by Gasteiger charge is -2.26. The van der Waals surface area contributed by atoms with E-state index in [1.165, 1.54) is 0 Å². The maximum absolute atomic E-state index is 12.7. The summed E-state index contributed by atoms with van der Waals surface area (Å²) in [7, 11) is 1.87. The molecule has 1 aromatic carbocycles. The highest BCUT2D eigenvalue weighted by Gasteiger charge is 2.32. The Balaban J connectivity index is 1.91. The van der Waals surface area contributed by atoms with Gasteiger partial charge in [-0.15, -0.1) is 0 Å². The first kappa shape index (κ1) is 13.6. The van der Waals surface area contributed by atoms with Crippen molar-refractivity contribution in [2.45, 2.75) is 18.9 Å². The third kappa shape index (κ3) is 2.61. The summed E-state index contributed by atoms with van der Waals surface area (Å²) >= 11 is 0. The smallest absolute Gasteiger partial charge is 0.254 e. The summed E-state index contributed by atoms with van der Waals surface area (Å²) in [6.07, 6.45) is 3.79. The molecule has 4 heteroatoms. The molecular formula is C17H19N3O. The van der Waals surface area contributed by atoms with Crippen molar-refractivity contribution in [1.82, 2.24) is 9.88 Å². The number of likely N-dealkylation sites (tertiary alicyclic amines) is 1. The van der Waals surface area contributed by atoms with Gasteiger partial charge in [-0.05, 0) is 31.0 Å². The van der Waals surface area contributed by atoms with E-state index in [2.05, 4.69) is 16.4 Å². The van der Waals surface area contributed by atoms with Gasteiger partial charge in [0.1, 0.15) is 5.82 Å². The summed E-state index contributed by atoms with van der Waals surface area (Å²) < 4.78 is 0. The highest BCUT2D eigenvalue weighted by Crippen LogP contribution is 2.35. The Morgan fingerprint density at radius 2 is 2.05 bits per heavy atom. The van der Waals surface area contributed by atoms with Crippen LogP contribution in [0.3, 0.4) is 0 Å². The molecule has 0 aliphatic carbocycles. The highest BCUT2D eigenvalue weighted by molar-refractivity contribution is 5.94. The van der Waals surface area contributed by atoms with E-state index in [4.69, 9.17) is 0 Å². The molecule has 21 heavy (non-hydrogen) atoms. The molecule has 1 N–H and O–H groups in total. The summed E-state index contributed by atoms with van der Waals surface area (Å²) in [4.78, 5) is 19.0. The van der Waals surface area contributed by atoms with Gasteiger partial charge in [-0.3, -0.25) is 4.79 Å². The van der Waals surface area contributed by atoms with Crippen LogP contribution in [0.25, 0.3) is 0 Å². The number of rotatable bonds is 3. The van der Waals surface area contributed by atoms with Gasteiger partial charge in [0.05, 0.1) is 6.04 Å². The van der Waals surface area contributed by atoms with Crippen LogP contribution in [0.5, 0.6) is 0 Å². The van der Waals surface area contributed by atoms with E-state index in [9.17, 15) is 4.79 Å². The number of benzene rings is 1. The van der Waals surface area contributed by atoms with Crippen molar-refractivity contribution in [2.75, 3.05) is 18.9 Å². The summed E-state index contributed by atoms with van der Waals surface area (Å²) in [6.45, 7) is 0.802. The third-order valence-electron chi connectivity index (χ3n) is 3.97. The number of aromatic nitrogens is 1. The molecule has 1 saturated heterocycles. The van der Waals surface area contributed by atoms with E-state index in [1.807, 2.05) is 48.3 Å². The molecule has 3 rings (SSSR count). The number of amides is 1. The minimum absolute atomic E-state index is 0.101. The van der Waals surface area contributed by atoms with Crippen molar-refractivity contribution in [1.29, 1.82) is 0 Å². The lowest BCUT2D eigenvalue weighted by Crippen LogP contribution is -2.31. The van der Waals surface area contributed by atoms with E-state index in [-0.39, 0.29) is 11.9 Å². The largest absolute Gasteiger partial charge is 0.373 e. The van der Waals surface area contributed by atoms with Gasteiger partial charge in [-0.1, -0.05) is 24.3 Å². The van der Waals surface area contributed by atoms with E-state index >= 15 is 0 Å². The van der Waals surface area contributed by atoms with E-state index in [0.717, 1.165) is 36.3 Å². The van der Waals surface area contributed by atoms with Crippen LogP contribution in [0.4, 0.5) is 5.82 Å². The third-order valence-corrected chi connectivity index (χ3v) is 3.97. The molecule has 108 valence electrons. The lowest BCUT2D eigenvalue weighted by molar-refractivity contribution is 0.0736. The normalized spacial score (nSPS) is 17.8. The monoisotopic (exact) mass is 281 g/mol. The first-order valence-electron chi connectivity index (χ1n) is 7.30. The number of hydrogen-bond donors (Lipinski definition) is 1. The van der Waals surface area contributed by atoms with E-state index < -0.39 is 0 Å². The minimum Gasteiger partial charge on any atom is -0.373 e. The van der Waals surface area contributed by atoms with Crippen LogP contribution in [0.2, 0.25) is 0 Å². The molecule has 1 atom stereocenters. The molecular weight excluding hydrogens is 262 g/mol. The maximum atomic E-state index is 12.7. The highest BCUT2D eigenvalue weighted by atomic mass is 16.2. The number of carbonyl (C=O) groups excluding carboxylic acids is 1. The van der Waals surface area contributed by atoms with Crippen LogP contribution in [0.1, 0.15) is 34.8 Å². The second-order valence-electron chi connectivity index (χ2n) is 5.21. The zero-order valence-corrected chi connectivity index (χ0v) is 12.1. The molecule has 0 bridgehead atoms. The topological polar surface area (TPSA) is 45.2 Å². The molecule has 2 aromatic rings. The van der Waals surface area contributed by atoms with Gasteiger partial charge in [0.15, 0.2) is 0 Å². The summed E-state index contributed by atoms with van der Waals surface area (Å²) in [5.41, 5.74) is 1.85. The molecule has 1 aliphatic rings. The molecule has 1 aromatic heterocycles. The Bertz CT molecular complexity index is 627. The van der Waals surface area contributed by atoms with Crippen molar-refractivity contribution >= 4 is 11.7 Å².